The van der Waals surface area contributed by atoms with Gasteiger partial charge in [0.25, 0.3) is 0 Å². The minimum absolute atomic E-state index is 0.120. The summed E-state index contributed by atoms with van der Waals surface area (Å²) in [6.07, 6.45) is 1.62. The Balaban J connectivity index is 2.50. The van der Waals surface area contributed by atoms with Crippen LogP contribution in [0.25, 0.3) is 5.69 Å². The van der Waals surface area contributed by atoms with Crippen molar-refractivity contribution >= 4 is 17.6 Å². The third-order valence-corrected chi connectivity index (χ3v) is 2.83. The van der Waals surface area contributed by atoms with E-state index in [9.17, 15) is 9.18 Å². The van der Waals surface area contributed by atoms with E-state index in [0.717, 1.165) is 6.07 Å². The van der Waals surface area contributed by atoms with Crippen molar-refractivity contribution in [2.45, 2.75) is 6.42 Å². The van der Waals surface area contributed by atoms with Crippen molar-refractivity contribution in [3.8, 4) is 5.69 Å². The van der Waals surface area contributed by atoms with Gasteiger partial charge in [0.05, 0.1) is 10.7 Å². The number of nitrogens with zero attached hydrogens (tertiary/aromatic N) is 2. The molecule has 0 saturated carbocycles. The Bertz CT molecular complexity index is 627. The quantitative estimate of drug-likeness (QED) is 0.899. The fourth-order valence-electron chi connectivity index (χ4n) is 1.68. The zero-order valence-corrected chi connectivity index (χ0v) is 10.4. The number of aromatic carboxylic acids is 1. The first kappa shape index (κ1) is 13.5. The van der Waals surface area contributed by atoms with E-state index in [-0.39, 0.29) is 23.7 Å². The summed E-state index contributed by atoms with van der Waals surface area (Å²) in [4.78, 5) is 11.0. The molecule has 1 aromatic heterocycles. The second kappa shape index (κ2) is 5.38. The summed E-state index contributed by atoms with van der Waals surface area (Å²) in [5, 5.41) is 21.9. The molecule has 0 radical (unpaired) electrons. The molecule has 0 fully saturated rings. The first-order valence-electron chi connectivity index (χ1n) is 5.41. The summed E-state index contributed by atoms with van der Waals surface area (Å²) in [6, 6.07) is 3.72. The molecule has 7 heteroatoms. The van der Waals surface area contributed by atoms with Gasteiger partial charge in [0, 0.05) is 18.4 Å². The maximum Gasteiger partial charge on any atom is 0.356 e. The van der Waals surface area contributed by atoms with Crippen LogP contribution in [0.15, 0.2) is 24.4 Å². The average Bonchev–Trinajstić information content (AvgIpc) is 2.73. The molecule has 0 aliphatic rings. The Morgan fingerprint density at radius 2 is 2.21 bits per heavy atom. The van der Waals surface area contributed by atoms with Crippen LogP contribution in [0, 0.1) is 5.82 Å². The van der Waals surface area contributed by atoms with Crippen LogP contribution in [0.4, 0.5) is 4.39 Å². The summed E-state index contributed by atoms with van der Waals surface area (Å²) in [5.74, 6) is -1.68. The van der Waals surface area contributed by atoms with Gasteiger partial charge in [0.15, 0.2) is 5.69 Å². The van der Waals surface area contributed by atoms with Gasteiger partial charge in [-0.15, -0.1) is 0 Å². The van der Waals surface area contributed by atoms with Crippen LogP contribution < -0.4 is 0 Å². The van der Waals surface area contributed by atoms with Gasteiger partial charge in [0.1, 0.15) is 5.82 Å². The zero-order valence-electron chi connectivity index (χ0n) is 9.68. The summed E-state index contributed by atoms with van der Waals surface area (Å²) in [7, 11) is 0. The number of carbonyl (C=O) groups is 1. The van der Waals surface area contributed by atoms with E-state index in [1.165, 1.54) is 23.0 Å². The van der Waals surface area contributed by atoms with Crippen LogP contribution in [0.3, 0.4) is 0 Å². The lowest BCUT2D eigenvalue weighted by molar-refractivity contribution is 0.0688. The number of aliphatic hydroxyl groups is 1. The molecule has 19 heavy (non-hydrogen) atoms. The first-order chi connectivity index (χ1) is 9.02. The molecule has 2 aromatic rings. The molecule has 0 spiro atoms. The highest BCUT2D eigenvalue weighted by Gasteiger charge is 2.17. The molecule has 2 rings (SSSR count). The molecule has 0 saturated heterocycles. The predicted molar refractivity (Wildman–Crippen MR) is 66.3 cm³/mol. The Morgan fingerprint density at radius 3 is 2.79 bits per heavy atom. The highest BCUT2D eigenvalue weighted by molar-refractivity contribution is 6.32. The molecule has 0 atom stereocenters. The van der Waals surface area contributed by atoms with Crippen molar-refractivity contribution in [1.29, 1.82) is 0 Å². The average molecular weight is 285 g/mol. The maximum atomic E-state index is 13.0. The lowest BCUT2D eigenvalue weighted by atomic mass is 10.2. The normalized spacial score (nSPS) is 10.7. The molecule has 5 nitrogen and oxygen atoms in total. The van der Waals surface area contributed by atoms with E-state index in [0.29, 0.717) is 11.3 Å². The zero-order chi connectivity index (χ0) is 14.0. The Hall–Kier alpha value is -1.92. The highest BCUT2D eigenvalue weighted by Crippen LogP contribution is 2.22. The number of hydrogen-bond donors (Lipinski definition) is 2. The van der Waals surface area contributed by atoms with Gasteiger partial charge >= 0.3 is 5.97 Å². The smallest absolute Gasteiger partial charge is 0.356 e. The minimum atomic E-state index is -1.19. The minimum Gasteiger partial charge on any atom is -0.476 e. The molecule has 2 N–H and O–H groups in total. The summed E-state index contributed by atoms with van der Waals surface area (Å²) in [5.41, 5.74) is 0.597. The van der Waals surface area contributed by atoms with Crippen LogP contribution in [-0.4, -0.2) is 32.6 Å². The van der Waals surface area contributed by atoms with E-state index < -0.39 is 11.8 Å². The number of benzene rings is 1. The summed E-state index contributed by atoms with van der Waals surface area (Å²) in [6.45, 7) is -0.191. The molecule has 1 aromatic carbocycles. The van der Waals surface area contributed by atoms with Gasteiger partial charge in [-0.1, -0.05) is 11.6 Å². The molecule has 0 bridgehead atoms. The molecular formula is C12H10ClFN2O3. The standard InChI is InChI=1S/C12H10ClFN2O3/c13-9-5-8(14)1-2-10(9)16-6-7(3-4-17)11(15-16)12(18)19/h1-2,5-6,17H,3-4H2,(H,18,19). The lowest BCUT2D eigenvalue weighted by Gasteiger charge is -2.03. The third-order valence-electron chi connectivity index (χ3n) is 2.53. The molecule has 0 aliphatic heterocycles. The summed E-state index contributed by atoms with van der Waals surface area (Å²) < 4.78 is 14.2. The van der Waals surface area contributed by atoms with Gasteiger partial charge < -0.3 is 10.2 Å². The fraction of sp³-hybridized carbons (Fsp3) is 0.167. The Morgan fingerprint density at radius 1 is 1.47 bits per heavy atom. The van der Waals surface area contributed by atoms with E-state index in [1.807, 2.05) is 0 Å². The van der Waals surface area contributed by atoms with Crippen LogP contribution >= 0.6 is 11.6 Å². The Labute approximate surface area is 112 Å². The second-order valence-electron chi connectivity index (χ2n) is 3.82. The largest absolute Gasteiger partial charge is 0.476 e. The second-order valence-corrected chi connectivity index (χ2v) is 4.23. The maximum absolute atomic E-state index is 13.0. The van der Waals surface area contributed by atoms with E-state index >= 15 is 0 Å². The van der Waals surface area contributed by atoms with Crippen LogP contribution in [0.5, 0.6) is 0 Å². The van der Waals surface area contributed by atoms with Crippen molar-refractivity contribution in [2.24, 2.45) is 0 Å². The van der Waals surface area contributed by atoms with E-state index in [2.05, 4.69) is 5.10 Å². The molecule has 1 heterocycles. The number of aliphatic hydroxyl groups excluding tert-OH is 1. The number of rotatable bonds is 4. The predicted octanol–water partition coefficient (Wildman–Crippen LogP) is 1.90. The number of hydrogen-bond acceptors (Lipinski definition) is 3. The van der Waals surface area contributed by atoms with Gasteiger partial charge in [0.2, 0.25) is 0 Å². The van der Waals surface area contributed by atoms with Gasteiger partial charge in [-0.05, 0) is 24.6 Å². The van der Waals surface area contributed by atoms with Crippen molar-refractivity contribution < 1.29 is 19.4 Å². The van der Waals surface area contributed by atoms with E-state index in [4.69, 9.17) is 21.8 Å². The molecule has 0 aliphatic carbocycles. The van der Waals surface area contributed by atoms with Gasteiger partial charge in [-0.3, -0.25) is 0 Å². The lowest BCUT2D eigenvalue weighted by Crippen LogP contribution is -2.04. The third kappa shape index (κ3) is 2.74. The van der Waals surface area contributed by atoms with Crippen molar-refractivity contribution in [2.75, 3.05) is 6.61 Å². The number of carboxylic acids is 1. The first-order valence-corrected chi connectivity index (χ1v) is 5.79. The molecule has 100 valence electrons. The number of halogens is 2. The monoisotopic (exact) mass is 284 g/mol. The fourth-order valence-corrected chi connectivity index (χ4v) is 1.94. The van der Waals surface area contributed by atoms with Crippen LogP contribution in [0.2, 0.25) is 5.02 Å². The molecule has 0 unspecified atom stereocenters. The van der Waals surface area contributed by atoms with Crippen LogP contribution in [-0.2, 0) is 6.42 Å². The molecular weight excluding hydrogens is 275 g/mol. The van der Waals surface area contributed by atoms with Crippen molar-refractivity contribution in [3.05, 3.63) is 46.5 Å². The highest BCUT2D eigenvalue weighted by atomic mass is 35.5. The SMILES string of the molecule is O=C(O)c1nn(-c2ccc(F)cc2Cl)cc1CCO. The molecule has 0 amide bonds. The Kier molecular flexibility index (Phi) is 3.82. The van der Waals surface area contributed by atoms with E-state index in [1.54, 1.807) is 0 Å². The van der Waals surface area contributed by atoms with Crippen LogP contribution in [0.1, 0.15) is 16.1 Å². The van der Waals surface area contributed by atoms with Gasteiger partial charge in [-0.25, -0.2) is 13.9 Å². The topological polar surface area (TPSA) is 75.3 Å². The number of aromatic nitrogens is 2. The van der Waals surface area contributed by atoms with Gasteiger partial charge in [-0.2, -0.15) is 5.10 Å². The van der Waals surface area contributed by atoms with Crippen molar-refractivity contribution in [3.63, 3.8) is 0 Å². The number of carboxylic acid groups (broad SMARTS) is 1. The van der Waals surface area contributed by atoms with Crippen molar-refractivity contribution in [1.82, 2.24) is 9.78 Å². The summed E-state index contributed by atoms with van der Waals surface area (Å²) >= 11 is 5.88.